The molecule has 4 nitrogen and oxygen atoms in total. The summed E-state index contributed by atoms with van der Waals surface area (Å²) in [4.78, 5) is 24.6. The Balaban J connectivity index is 1.41. The van der Waals surface area contributed by atoms with Gasteiger partial charge in [-0.05, 0) is 110 Å². The molecule has 4 aliphatic rings. The molecule has 0 heterocycles. The van der Waals surface area contributed by atoms with Gasteiger partial charge in [0.15, 0.2) is 0 Å². The van der Waals surface area contributed by atoms with Crippen molar-refractivity contribution < 1.29 is 19.8 Å². The maximum Gasteiger partial charge on any atom is 0.335 e. The van der Waals surface area contributed by atoms with Crippen LogP contribution in [0.3, 0.4) is 0 Å². The summed E-state index contributed by atoms with van der Waals surface area (Å²) in [6, 6.07) is 11.6. The minimum atomic E-state index is -0.982. The van der Waals surface area contributed by atoms with E-state index >= 15 is 0 Å². The van der Waals surface area contributed by atoms with Crippen molar-refractivity contribution >= 4 is 45.4 Å². The molecule has 4 fully saturated rings. The zero-order chi connectivity index (χ0) is 21.0. The Bertz CT molecular complexity index is 1000. The van der Waals surface area contributed by atoms with Gasteiger partial charge >= 0.3 is 5.97 Å². The van der Waals surface area contributed by atoms with Crippen LogP contribution in [0, 0.1) is 17.8 Å². The summed E-state index contributed by atoms with van der Waals surface area (Å²) in [5.41, 5.74) is 1.72. The van der Waals surface area contributed by atoms with Crippen LogP contribution in [0.5, 0.6) is 5.75 Å². The lowest BCUT2D eigenvalue weighted by Crippen LogP contribution is -2.52. The fourth-order valence-corrected chi connectivity index (χ4v) is 9.06. The first-order valence-corrected chi connectivity index (χ1v) is 12.3. The third kappa shape index (κ3) is 3.55. The fourth-order valence-electron chi connectivity index (χ4n) is 6.24. The molecule has 0 aliphatic heterocycles. The van der Waals surface area contributed by atoms with E-state index in [0.717, 1.165) is 29.2 Å². The maximum absolute atomic E-state index is 12.9. The number of carbonyl (C=O) groups excluding carboxylic acids is 1. The van der Waals surface area contributed by atoms with Crippen LogP contribution in [0.1, 0.15) is 64.3 Å². The molecule has 2 N–H and O–H groups in total. The number of halogens is 1. The molecule has 2 aromatic rings. The van der Waals surface area contributed by atoms with Crippen LogP contribution in [0.4, 0.5) is 0 Å². The van der Waals surface area contributed by atoms with Crippen molar-refractivity contribution in [1.82, 2.24) is 0 Å². The van der Waals surface area contributed by atoms with Gasteiger partial charge in [-0.25, -0.2) is 4.79 Å². The molecular weight excluding hydrogens is 511 g/mol. The topological polar surface area (TPSA) is 74.6 Å². The van der Waals surface area contributed by atoms with E-state index in [9.17, 15) is 14.7 Å². The van der Waals surface area contributed by atoms with Gasteiger partial charge in [0, 0.05) is 19.8 Å². The van der Waals surface area contributed by atoms with E-state index in [1.807, 2.05) is 6.07 Å². The molecule has 0 aromatic heterocycles. The lowest BCUT2D eigenvalue weighted by atomic mass is 9.50. The highest BCUT2D eigenvalue weighted by Crippen LogP contribution is 2.66. The van der Waals surface area contributed by atoms with Gasteiger partial charge in [-0.1, -0.05) is 22.6 Å². The highest BCUT2D eigenvalue weighted by atomic mass is 127. The first-order valence-electron chi connectivity index (χ1n) is 10.4. The van der Waals surface area contributed by atoms with Crippen LogP contribution < -0.4 is 0 Å². The van der Waals surface area contributed by atoms with E-state index in [1.165, 1.54) is 44.2 Å². The first-order chi connectivity index (χ1) is 14.3. The molecule has 3 atom stereocenters. The number of carbonyl (C=O) groups is 2. The van der Waals surface area contributed by atoms with E-state index in [4.69, 9.17) is 5.11 Å². The molecule has 156 valence electrons. The number of rotatable bonds is 4. The fraction of sp³-hybridized carbons (Fsp3) is 0.417. The zero-order valence-corrected chi connectivity index (χ0v) is 19.4. The Morgan fingerprint density at radius 1 is 0.967 bits per heavy atom. The number of phenols is 1. The largest absolute Gasteiger partial charge is 0.508 e. The molecule has 4 bridgehead atoms. The van der Waals surface area contributed by atoms with E-state index in [-0.39, 0.29) is 14.1 Å². The molecule has 4 saturated carbocycles. The lowest BCUT2D eigenvalue weighted by molar-refractivity contribution is 0.0232. The molecule has 6 rings (SSSR count). The summed E-state index contributed by atoms with van der Waals surface area (Å²) >= 11 is 3.75. The number of phenolic OH excluding ortho intramolecular Hbond substituents is 1. The number of hydrogen-bond acceptors (Lipinski definition) is 4. The maximum atomic E-state index is 12.9. The van der Waals surface area contributed by atoms with Gasteiger partial charge < -0.3 is 10.2 Å². The number of thioether (sulfide) groups is 1. The Kier molecular flexibility index (Phi) is 5.13. The van der Waals surface area contributed by atoms with E-state index in [1.54, 1.807) is 24.3 Å². The quantitative estimate of drug-likeness (QED) is 0.281. The number of benzene rings is 2. The summed E-state index contributed by atoms with van der Waals surface area (Å²) in [5, 5.41) is 19.6. The molecule has 0 radical (unpaired) electrons. The average molecular weight is 534 g/mol. The molecule has 0 amide bonds. The first kappa shape index (κ1) is 20.4. The number of alkyl halides is 1. The van der Waals surface area contributed by atoms with Gasteiger partial charge in [0.1, 0.15) is 5.75 Å². The molecule has 30 heavy (non-hydrogen) atoms. The second-order valence-electron chi connectivity index (χ2n) is 9.11. The summed E-state index contributed by atoms with van der Waals surface area (Å²) in [7, 11) is 0. The summed E-state index contributed by atoms with van der Waals surface area (Å²) in [6.45, 7) is 0. The minimum Gasteiger partial charge on any atom is -0.508 e. The Morgan fingerprint density at radius 3 is 2.20 bits per heavy atom. The standard InChI is InChI=1S/C24H23IO4S/c25-24-11-13-7-14(12-24)9-17(8-13)21(24)19-10-16(3-6-20(19)26)23(29)30-18-4-1-15(2-5-18)22(27)28/h1-6,10,13-14,17,21,26H,7-9,11-12H2,(H,27,28). The number of hydrogen-bond donors (Lipinski definition) is 2. The highest BCUT2D eigenvalue weighted by Gasteiger charge is 2.56. The van der Waals surface area contributed by atoms with Crippen molar-refractivity contribution in [3.05, 3.63) is 59.2 Å². The van der Waals surface area contributed by atoms with Crippen LogP contribution in [0.25, 0.3) is 0 Å². The van der Waals surface area contributed by atoms with Crippen LogP contribution in [0.15, 0.2) is 47.4 Å². The Labute approximate surface area is 193 Å². The van der Waals surface area contributed by atoms with Crippen molar-refractivity contribution in [3.8, 4) is 5.75 Å². The second kappa shape index (κ2) is 7.55. The van der Waals surface area contributed by atoms with Crippen molar-refractivity contribution in [2.45, 2.75) is 46.3 Å². The second-order valence-corrected chi connectivity index (χ2v) is 12.3. The van der Waals surface area contributed by atoms with Crippen LogP contribution in [0.2, 0.25) is 0 Å². The van der Waals surface area contributed by atoms with Crippen molar-refractivity contribution in [3.63, 3.8) is 0 Å². The smallest absolute Gasteiger partial charge is 0.335 e. The van der Waals surface area contributed by atoms with Crippen molar-refractivity contribution in [1.29, 1.82) is 0 Å². The zero-order valence-electron chi connectivity index (χ0n) is 16.4. The van der Waals surface area contributed by atoms with E-state index < -0.39 is 5.97 Å². The number of carboxylic acid groups (broad SMARTS) is 1. The summed E-state index contributed by atoms with van der Waals surface area (Å²) in [6.07, 6.45) is 6.29. The molecule has 0 saturated heterocycles. The molecule has 6 heteroatoms. The average Bonchev–Trinajstić information content (AvgIpc) is 2.68. The SMILES string of the molecule is O=C(O)c1ccc(SC(=O)c2ccc(O)c(C3C4CC5CC(C4)CC3(I)C5)c2)cc1. The third-order valence-corrected chi connectivity index (χ3v) is 9.61. The predicted molar refractivity (Wildman–Crippen MR) is 125 cm³/mol. The Morgan fingerprint density at radius 2 is 1.60 bits per heavy atom. The third-order valence-electron chi connectivity index (χ3n) is 7.13. The summed E-state index contributed by atoms with van der Waals surface area (Å²) in [5.74, 6) is 1.87. The molecule has 0 spiro atoms. The van der Waals surface area contributed by atoms with Crippen LogP contribution in [-0.4, -0.2) is 24.7 Å². The normalized spacial score (nSPS) is 31.6. The lowest BCUT2D eigenvalue weighted by Gasteiger charge is -2.59. The van der Waals surface area contributed by atoms with Gasteiger partial charge in [0.2, 0.25) is 5.12 Å². The monoisotopic (exact) mass is 534 g/mol. The molecule has 3 unspecified atom stereocenters. The van der Waals surface area contributed by atoms with Gasteiger partial charge in [-0.15, -0.1) is 0 Å². The van der Waals surface area contributed by atoms with Gasteiger partial charge in [-0.2, -0.15) is 0 Å². The number of aromatic carboxylic acids is 1. The molecular formula is C24H23IO4S. The molecule has 4 aliphatic carbocycles. The van der Waals surface area contributed by atoms with Crippen molar-refractivity contribution in [2.75, 3.05) is 0 Å². The minimum absolute atomic E-state index is 0.0920. The number of carboxylic acids is 1. The predicted octanol–water partition coefficient (Wildman–Crippen LogP) is 6.12. The van der Waals surface area contributed by atoms with Crippen LogP contribution in [-0.2, 0) is 0 Å². The van der Waals surface area contributed by atoms with Gasteiger partial charge in [0.25, 0.3) is 0 Å². The van der Waals surface area contributed by atoms with Crippen molar-refractivity contribution in [2.24, 2.45) is 17.8 Å². The number of aromatic hydroxyl groups is 1. The van der Waals surface area contributed by atoms with E-state index in [0.29, 0.717) is 28.0 Å². The molecule has 2 aromatic carbocycles. The van der Waals surface area contributed by atoms with Gasteiger partial charge in [-0.3, -0.25) is 4.79 Å². The van der Waals surface area contributed by atoms with Crippen LogP contribution >= 0.6 is 34.4 Å². The summed E-state index contributed by atoms with van der Waals surface area (Å²) < 4.78 is 0.186. The van der Waals surface area contributed by atoms with Gasteiger partial charge in [0.05, 0.1) is 5.56 Å². The van der Waals surface area contributed by atoms with E-state index in [2.05, 4.69) is 22.6 Å². The highest BCUT2D eigenvalue weighted by molar-refractivity contribution is 14.1. The Hall–Kier alpha value is -1.54.